The molecule has 1 N–H and O–H groups in total. The van der Waals surface area contributed by atoms with E-state index in [0.29, 0.717) is 0 Å². The summed E-state index contributed by atoms with van der Waals surface area (Å²) in [7, 11) is 0. The van der Waals surface area contributed by atoms with E-state index < -0.39 is 0 Å². The number of hydrogen-bond donors (Lipinski definition) is 1. The van der Waals surface area contributed by atoms with Gasteiger partial charge in [0, 0.05) is 16.4 Å². The number of hydrogen-bond acceptors (Lipinski definition) is 2. The fraction of sp³-hybridized carbons (Fsp3) is 0.154. The number of nitrogens with one attached hydrogen (secondary N) is 1. The van der Waals surface area contributed by atoms with E-state index in [0.717, 1.165) is 15.9 Å². The van der Waals surface area contributed by atoms with Crippen LogP contribution in [0.4, 0.5) is 5.69 Å². The summed E-state index contributed by atoms with van der Waals surface area (Å²) in [6, 6.07) is 14.3. The lowest BCUT2D eigenvalue weighted by Crippen LogP contribution is -2.07. The zero-order chi connectivity index (χ0) is 11.4. The van der Waals surface area contributed by atoms with Crippen LogP contribution in [0.15, 0.2) is 53.1 Å². The van der Waals surface area contributed by atoms with Gasteiger partial charge in [-0.25, -0.2) is 0 Å². The van der Waals surface area contributed by atoms with Crippen LogP contribution in [0.25, 0.3) is 0 Å². The minimum atomic E-state index is 0.204. The highest BCUT2D eigenvalue weighted by Gasteiger charge is 2.05. The summed E-state index contributed by atoms with van der Waals surface area (Å²) in [4.78, 5) is 4.32. The van der Waals surface area contributed by atoms with Crippen LogP contribution < -0.4 is 5.32 Å². The summed E-state index contributed by atoms with van der Waals surface area (Å²) >= 11 is 3.45. The van der Waals surface area contributed by atoms with Gasteiger partial charge in [-0.15, -0.1) is 0 Å². The molecule has 1 atom stereocenters. The van der Waals surface area contributed by atoms with Crippen molar-refractivity contribution >= 4 is 21.6 Å². The van der Waals surface area contributed by atoms with Gasteiger partial charge in [-0.3, -0.25) is 4.98 Å². The highest BCUT2D eigenvalue weighted by molar-refractivity contribution is 9.10. The molecule has 1 aromatic carbocycles. The lowest BCUT2D eigenvalue weighted by Gasteiger charge is -2.14. The Morgan fingerprint density at radius 3 is 2.75 bits per heavy atom. The fourth-order valence-electron chi connectivity index (χ4n) is 1.53. The Labute approximate surface area is 104 Å². The first kappa shape index (κ1) is 11.1. The first-order valence-corrected chi connectivity index (χ1v) is 5.98. The van der Waals surface area contributed by atoms with E-state index in [9.17, 15) is 0 Å². The van der Waals surface area contributed by atoms with Crippen molar-refractivity contribution in [1.82, 2.24) is 4.98 Å². The molecule has 0 radical (unpaired) electrons. The van der Waals surface area contributed by atoms with Crippen LogP contribution in [0.2, 0.25) is 0 Å². The third-order valence-corrected chi connectivity index (χ3v) is 2.83. The molecule has 2 aromatic rings. The van der Waals surface area contributed by atoms with Gasteiger partial charge in [-0.05, 0) is 37.3 Å². The van der Waals surface area contributed by atoms with Crippen molar-refractivity contribution in [3.63, 3.8) is 0 Å². The number of benzene rings is 1. The number of rotatable bonds is 3. The average Bonchev–Trinajstić information content (AvgIpc) is 2.30. The first-order valence-electron chi connectivity index (χ1n) is 5.19. The van der Waals surface area contributed by atoms with Crippen LogP contribution in [-0.4, -0.2) is 4.98 Å². The molecule has 0 aliphatic rings. The van der Waals surface area contributed by atoms with Gasteiger partial charge in [0.1, 0.15) is 0 Å². The molecule has 0 amide bonds. The molecule has 82 valence electrons. The van der Waals surface area contributed by atoms with E-state index in [4.69, 9.17) is 0 Å². The van der Waals surface area contributed by atoms with Crippen molar-refractivity contribution in [1.29, 1.82) is 0 Å². The maximum absolute atomic E-state index is 4.32. The highest BCUT2D eigenvalue weighted by atomic mass is 79.9. The zero-order valence-electron chi connectivity index (χ0n) is 9.02. The zero-order valence-corrected chi connectivity index (χ0v) is 10.6. The van der Waals surface area contributed by atoms with Crippen LogP contribution >= 0.6 is 15.9 Å². The lowest BCUT2D eigenvalue weighted by molar-refractivity contribution is 0.839. The second-order valence-corrected chi connectivity index (χ2v) is 4.55. The van der Waals surface area contributed by atoms with Gasteiger partial charge >= 0.3 is 0 Å². The Balaban J connectivity index is 2.11. The molecule has 0 saturated carbocycles. The highest BCUT2D eigenvalue weighted by Crippen LogP contribution is 2.20. The quantitative estimate of drug-likeness (QED) is 0.916. The van der Waals surface area contributed by atoms with Gasteiger partial charge in [-0.2, -0.15) is 0 Å². The maximum Gasteiger partial charge on any atom is 0.0657 e. The molecule has 0 aliphatic heterocycles. The summed E-state index contributed by atoms with van der Waals surface area (Å²) in [6.07, 6.45) is 1.81. The molecule has 0 bridgehead atoms. The molecular formula is C13H13BrN2. The SMILES string of the molecule is CC(Nc1cccc(Br)c1)c1ccccn1. The smallest absolute Gasteiger partial charge is 0.0657 e. The molecule has 2 nitrogen and oxygen atoms in total. The Kier molecular flexibility index (Phi) is 3.57. The number of nitrogens with zero attached hydrogens (tertiary/aromatic N) is 1. The standard InChI is InChI=1S/C13H13BrN2/c1-10(13-7-2-3-8-15-13)16-12-6-4-5-11(14)9-12/h2-10,16H,1H3. The van der Waals surface area contributed by atoms with E-state index in [-0.39, 0.29) is 6.04 Å². The Bertz CT molecular complexity index is 456. The largest absolute Gasteiger partial charge is 0.377 e. The third kappa shape index (κ3) is 2.83. The van der Waals surface area contributed by atoms with Gasteiger partial charge in [0.2, 0.25) is 0 Å². The van der Waals surface area contributed by atoms with Crippen LogP contribution in [-0.2, 0) is 0 Å². The Morgan fingerprint density at radius 2 is 2.06 bits per heavy atom. The van der Waals surface area contributed by atoms with Gasteiger partial charge < -0.3 is 5.32 Å². The fourth-order valence-corrected chi connectivity index (χ4v) is 1.93. The molecular weight excluding hydrogens is 264 g/mol. The van der Waals surface area contributed by atoms with Crippen molar-refractivity contribution in [3.05, 3.63) is 58.8 Å². The van der Waals surface area contributed by atoms with Gasteiger partial charge in [0.05, 0.1) is 11.7 Å². The Morgan fingerprint density at radius 1 is 1.19 bits per heavy atom. The van der Waals surface area contributed by atoms with Gasteiger partial charge in [0.15, 0.2) is 0 Å². The normalized spacial score (nSPS) is 12.1. The number of anilines is 1. The molecule has 0 fully saturated rings. The van der Waals surface area contributed by atoms with Crippen molar-refractivity contribution in [3.8, 4) is 0 Å². The van der Waals surface area contributed by atoms with Gasteiger partial charge in [-0.1, -0.05) is 28.1 Å². The van der Waals surface area contributed by atoms with Crippen molar-refractivity contribution in [2.45, 2.75) is 13.0 Å². The minimum absolute atomic E-state index is 0.204. The van der Waals surface area contributed by atoms with Crippen LogP contribution in [0.1, 0.15) is 18.7 Å². The monoisotopic (exact) mass is 276 g/mol. The molecule has 0 spiro atoms. The summed E-state index contributed by atoms with van der Waals surface area (Å²) in [5.41, 5.74) is 2.13. The predicted molar refractivity (Wildman–Crippen MR) is 70.4 cm³/mol. The second-order valence-electron chi connectivity index (χ2n) is 3.63. The lowest BCUT2D eigenvalue weighted by atomic mass is 10.2. The van der Waals surface area contributed by atoms with Gasteiger partial charge in [0.25, 0.3) is 0 Å². The van der Waals surface area contributed by atoms with E-state index in [1.54, 1.807) is 0 Å². The molecule has 16 heavy (non-hydrogen) atoms. The minimum Gasteiger partial charge on any atom is -0.377 e. The molecule has 2 rings (SSSR count). The van der Waals surface area contributed by atoms with E-state index in [1.165, 1.54) is 0 Å². The van der Waals surface area contributed by atoms with Crippen molar-refractivity contribution < 1.29 is 0 Å². The van der Waals surface area contributed by atoms with E-state index >= 15 is 0 Å². The molecule has 3 heteroatoms. The van der Waals surface area contributed by atoms with E-state index in [2.05, 4.69) is 39.2 Å². The van der Waals surface area contributed by atoms with E-state index in [1.807, 2.05) is 42.6 Å². The van der Waals surface area contributed by atoms with Crippen LogP contribution in [0.5, 0.6) is 0 Å². The number of aromatic nitrogens is 1. The molecule has 1 heterocycles. The molecule has 0 aliphatic carbocycles. The summed E-state index contributed by atoms with van der Waals surface area (Å²) in [5.74, 6) is 0. The van der Waals surface area contributed by atoms with Crippen molar-refractivity contribution in [2.24, 2.45) is 0 Å². The molecule has 0 saturated heterocycles. The molecule has 1 aromatic heterocycles. The van der Waals surface area contributed by atoms with Crippen molar-refractivity contribution in [2.75, 3.05) is 5.32 Å². The predicted octanol–water partition coefficient (Wildman–Crippen LogP) is 4.02. The second kappa shape index (κ2) is 5.12. The summed E-state index contributed by atoms with van der Waals surface area (Å²) in [6.45, 7) is 2.10. The first-order chi connectivity index (χ1) is 7.75. The van der Waals surface area contributed by atoms with Crippen LogP contribution in [0, 0.1) is 0 Å². The Hall–Kier alpha value is -1.35. The average molecular weight is 277 g/mol. The topological polar surface area (TPSA) is 24.9 Å². The van der Waals surface area contributed by atoms with Crippen LogP contribution in [0.3, 0.4) is 0 Å². The number of pyridine rings is 1. The molecule has 1 unspecified atom stereocenters. The maximum atomic E-state index is 4.32. The summed E-state index contributed by atoms with van der Waals surface area (Å²) in [5, 5.41) is 3.41. The number of halogens is 1. The third-order valence-electron chi connectivity index (χ3n) is 2.34. The summed E-state index contributed by atoms with van der Waals surface area (Å²) < 4.78 is 1.07.